The molecule has 0 atom stereocenters. The molecule has 0 radical (unpaired) electrons. The molecule has 0 aromatic carbocycles. The molecule has 0 amide bonds. The number of hydrogen-bond acceptors (Lipinski definition) is 4. The Morgan fingerprint density at radius 3 is 2.43 bits per heavy atom. The fourth-order valence-corrected chi connectivity index (χ4v) is 1.27. The van der Waals surface area contributed by atoms with Crippen LogP contribution < -0.4 is 5.32 Å². The molecule has 1 aromatic heterocycles. The van der Waals surface area contributed by atoms with Gasteiger partial charge in [0.15, 0.2) is 0 Å². The zero-order valence-corrected chi connectivity index (χ0v) is 9.30. The maximum atomic E-state index is 5.55. The summed E-state index contributed by atoms with van der Waals surface area (Å²) in [4.78, 5) is 4.36. The molecule has 0 aliphatic rings. The molecule has 5 heteroatoms. The first-order valence-corrected chi connectivity index (χ1v) is 5.37. The lowest BCUT2D eigenvalue weighted by atomic mass is 10.2. The van der Waals surface area contributed by atoms with Crippen molar-refractivity contribution in [2.75, 3.05) is 17.7 Å². The summed E-state index contributed by atoms with van der Waals surface area (Å²) in [5, 5.41) is 11.1. The Bertz CT molecular complexity index is 290. The molecule has 0 fully saturated rings. The van der Waals surface area contributed by atoms with Crippen LogP contribution in [-0.2, 0) is 12.8 Å². The molecule has 78 valence electrons. The van der Waals surface area contributed by atoms with Crippen LogP contribution in [-0.4, -0.2) is 27.6 Å². The molecule has 0 aliphatic carbocycles. The lowest BCUT2D eigenvalue weighted by Crippen LogP contribution is -2.11. The standard InChI is InChI=1S/C9H15ClN4/c1-3-7-8(4-2)13-14-9(12-7)11-6-5-10/h3-6H2,1-2H3,(H,11,12,14). The van der Waals surface area contributed by atoms with E-state index in [9.17, 15) is 0 Å². The summed E-state index contributed by atoms with van der Waals surface area (Å²) >= 11 is 5.55. The molecule has 14 heavy (non-hydrogen) atoms. The highest BCUT2D eigenvalue weighted by molar-refractivity contribution is 6.18. The Kier molecular flexibility index (Phi) is 4.59. The number of aromatic nitrogens is 3. The van der Waals surface area contributed by atoms with Crippen molar-refractivity contribution < 1.29 is 0 Å². The van der Waals surface area contributed by atoms with Crippen molar-refractivity contribution in [3.63, 3.8) is 0 Å². The van der Waals surface area contributed by atoms with E-state index < -0.39 is 0 Å². The average molecular weight is 215 g/mol. The zero-order valence-electron chi connectivity index (χ0n) is 8.55. The number of nitrogens with one attached hydrogen (secondary N) is 1. The highest BCUT2D eigenvalue weighted by atomic mass is 35.5. The van der Waals surface area contributed by atoms with Crippen LogP contribution in [0.1, 0.15) is 25.2 Å². The third-order valence-corrected chi connectivity index (χ3v) is 2.08. The number of hydrogen-bond donors (Lipinski definition) is 1. The van der Waals surface area contributed by atoms with E-state index in [0.717, 1.165) is 24.2 Å². The molecule has 0 saturated carbocycles. The van der Waals surface area contributed by atoms with Crippen LogP contribution in [0, 0.1) is 0 Å². The van der Waals surface area contributed by atoms with Crippen molar-refractivity contribution in [3.05, 3.63) is 11.4 Å². The first-order chi connectivity index (χ1) is 6.81. The smallest absolute Gasteiger partial charge is 0.243 e. The summed E-state index contributed by atoms with van der Waals surface area (Å²) in [6.07, 6.45) is 1.76. The largest absolute Gasteiger partial charge is 0.352 e. The van der Waals surface area contributed by atoms with E-state index in [0.29, 0.717) is 18.4 Å². The molecule has 0 unspecified atom stereocenters. The number of anilines is 1. The predicted molar refractivity (Wildman–Crippen MR) is 57.8 cm³/mol. The molecule has 4 nitrogen and oxygen atoms in total. The minimum Gasteiger partial charge on any atom is -0.352 e. The minimum atomic E-state index is 0.542. The van der Waals surface area contributed by atoms with E-state index in [4.69, 9.17) is 11.6 Å². The molecule has 0 bridgehead atoms. The van der Waals surface area contributed by atoms with Gasteiger partial charge < -0.3 is 5.32 Å². The van der Waals surface area contributed by atoms with E-state index in [1.165, 1.54) is 0 Å². The predicted octanol–water partition coefficient (Wildman–Crippen LogP) is 1.65. The highest BCUT2D eigenvalue weighted by Gasteiger charge is 2.04. The first kappa shape index (κ1) is 11.2. The molecule has 0 aliphatic heterocycles. The minimum absolute atomic E-state index is 0.542. The summed E-state index contributed by atoms with van der Waals surface area (Å²) in [7, 11) is 0. The van der Waals surface area contributed by atoms with Gasteiger partial charge in [-0.2, -0.15) is 5.10 Å². The van der Waals surface area contributed by atoms with Gasteiger partial charge in [0.2, 0.25) is 5.95 Å². The van der Waals surface area contributed by atoms with Crippen molar-refractivity contribution >= 4 is 17.5 Å². The van der Waals surface area contributed by atoms with Gasteiger partial charge in [0.05, 0.1) is 11.4 Å². The van der Waals surface area contributed by atoms with Gasteiger partial charge in [0, 0.05) is 12.4 Å². The molecular formula is C9H15ClN4. The van der Waals surface area contributed by atoms with Gasteiger partial charge in [0.1, 0.15) is 0 Å². The van der Waals surface area contributed by atoms with Crippen LogP contribution in [0.2, 0.25) is 0 Å². The Labute approximate surface area is 89.1 Å². The van der Waals surface area contributed by atoms with Crippen LogP contribution >= 0.6 is 11.6 Å². The SMILES string of the molecule is CCc1nnc(NCCCl)nc1CC. The van der Waals surface area contributed by atoms with Gasteiger partial charge in [0.25, 0.3) is 0 Å². The molecule has 0 saturated heterocycles. The zero-order chi connectivity index (χ0) is 10.4. The molecule has 1 rings (SSSR count). The first-order valence-electron chi connectivity index (χ1n) is 4.84. The third kappa shape index (κ3) is 2.80. The maximum absolute atomic E-state index is 5.55. The fraction of sp³-hybridized carbons (Fsp3) is 0.667. The van der Waals surface area contributed by atoms with Crippen molar-refractivity contribution in [3.8, 4) is 0 Å². The van der Waals surface area contributed by atoms with Crippen LogP contribution in [0.25, 0.3) is 0 Å². The van der Waals surface area contributed by atoms with Crippen LogP contribution in [0.15, 0.2) is 0 Å². The van der Waals surface area contributed by atoms with Crippen molar-refractivity contribution in [1.82, 2.24) is 15.2 Å². The van der Waals surface area contributed by atoms with Crippen LogP contribution in [0.3, 0.4) is 0 Å². The third-order valence-electron chi connectivity index (χ3n) is 1.89. The van der Waals surface area contributed by atoms with Crippen molar-refractivity contribution in [1.29, 1.82) is 0 Å². The van der Waals surface area contributed by atoms with E-state index in [2.05, 4.69) is 34.3 Å². The van der Waals surface area contributed by atoms with E-state index in [-0.39, 0.29) is 0 Å². The number of nitrogens with zero attached hydrogens (tertiary/aromatic N) is 3. The summed E-state index contributed by atoms with van der Waals surface area (Å²) in [6, 6.07) is 0. The van der Waals surface area contributed by atoms with Crippen molar-refractivity contribution in [2.45, 2.75) is 26.7 Å². The normalized spacial score (nSPS) is 10.2. The average Bonchev–Trinajstić information content (AvgIpc) is 2.25. The van der Waals surface area contributed by atoms with Crippen LogP contribution in [0.5, 0.6) is 0 Å². The summed E-state index contributed by atoms with van der Waals surface area (Å²) in [6.45, 7) is 4.78. The highest BCUT2D eigenvalue weighted by Crippen LogP contribution is 2.06. The monoisotopic (exact) mass is 214 g/mol. The van der Waals surface area contributed by atoms with E-state index >= 15 is 0 Å². The second-order valence-corrected chi connectivity index (χ2v) is 3.23. The summed E-state index contributed by atoms with van der Waals surface area (Å²) in [5.41, 5.74) is 1.99. The van der Waals surface area contributed by atoms with Gasteiger partial charge in [-0.1, -0.05) is 13.8 Å². The fourth-order valence-electron chi connectivity index (χ4n) is 1.17. The lowest BCUT2D eigenvalue weighted by Gasteiger charge is -2.06. The summed E-state index contributed by atoms with van der Waals surface area (Å²) in [5.74, 6) is 1.11. The van der Waals surface area contributed by atoms with Gasteiger partial charge in [-0.05, 0) is 12.8 Å². The summed E-state index contributed by atoms with van der Waals surface area (Å²) < 4.78 is 0. The Morgan fingerprint density at radius 2 is 1.86 bits per heavy atom. The van der Waals surface area contributed by atoms with Gasteiger partial charge >= 0.3 is 0 Å². The maximum Gasteiger partial charge on any atom is 0.243 e. The number of aryl methyl sites for hydroxylation is 2. The second-order valence-electron chi connectivity index (χ2n) is 2.85. The van der Waals surface area contributed by atoms with Gasteiger partial charge in [-0.15, -0.1) is 16.7 Å². The molecule has 0 spiro atoms. The van der Waals surface area contributed by atoms with E-state index in [1.807, 2.05) is 0 Å². The number of rotatable bonds is 5. The van der Waals surface area contributed by atoms with Gasteiger partial charge in [-0.25, -0.2) is 4.98 Å². The molecular weight excluding hydrogens is 200 g/mol. The molecule has 1 aromatic rings. The topological polar surface area (TPSA) is 50.7 Å². The molecule has 1 N–H and O–H groups in total. The van der Waals surface area contributed by atoms with Gasteiger partial charge in [-0.3, -0.25) is 0 Å². The van der Waals surface area contributed by atoms with Crippen LogP contribution in [0.4, 0.5) is 5.95 Å². The second kappa shape index (κ2) is 5.75. The van der Waals surface area contributed by atoms with E-state index in [1.54, 1.807) is 0 Å². The quantitative estimate of drug-likeness (QED) is 0.758. The number of alkyl halides is 1. The Balaban J connectivity index is 2.79. The Hall–Kier alpha value is -0.900. The number of halogens is 1. The van der Waals surface area contributed by atoms with Crippen molar-refractivity contribution in [2.24, 2.45) is 0 Å². The Morgan fingerprint density at radius 1 is 1.14 bits per heavy atom. The lowest BCUT2D eigenvalue weighted by molar-refractivity contribution is 0.822. The molecule has 1 heterocycles.